The highest BCUT2D eigenvalue weighted by atomic mass is 16.5. The van der Waals surface area contributed by atoms with E-state index in [0.717, 1.165) is 42.8 Å². The highest BCUT2D eigenvalue weighted by Gasteiger charge is 2.36. The molecule has 1 aliphatic rings. The molecule has 0 spiro atoms. The molecule has 0 saturated carbocycles. The van der Waals surface area contributed by atoms with Gasteiger partial charge >= 0.3 is 0 Å². The molecule has 3 heteroatoms. The summed E-state index contributed by atoms with van der Waals surface area (Å²) in [5.74, 6) is 1.98. The van der Waals surface area contributed by atoms with E-state index in [2.05, 4.69) is 82.8 Å². The third-order valence-corrected chi connectivity index (χ3v) is 6.61. The minimum absolute atomic E-state index is 0.153. The van der Waals surface area contributed by atoms with Gasteiger partial charge in [-0.25, -0.2) is 0 Å². The standard InChI is InChI=1S/C27H38N2O/c1-8-14-29-25-16-26(30-7)22(15-24(25)20(4)17-27(29,5)6)18-28-23-12-10-21(11-13-23)19(3)9-2/h10-13,15-16,18-20H,8-9,14,17H2,1-7H3. The fraction of sp³-hybridized carbons (Fsp3) is 0.519. The van der Waals surface area contributed by atoms with Gasteiger partial charge in [0, 0.05) is 35.6 Å². The van der Waals surface area contributed by atoms with E-state index in [4.69, 9.17) is 9.73 Å². The molecule has 0 amide bonds. The maximum Gasteiger partial charge on any atom is 0.129 e. The van der Waals surface area contributed by atoms with Crippen LogP contribution in [-0.2, 0) is 0 Å². The van der Waals surface area contributed by atoms with Crippen molar-refractivity contribution in [1.29, 1.82) is 0 Å². The minimum atomic E-state index is 0.153. The van der Waals surface area contributed by atoms with E-state index in [1.807, 2.05) is 6.21 Å². The lowest BCUT2D eigenvalue weighted by atomic mass is 9.79. The number of aliphatic imine (C=N–C) groups is 1. The first-order valence-electron chi connectivity index (χ1n) is 11.4. The Bertz CT molecular complexity index is 882. The summed E-state index contributed by atoms with van der Waals surface area (Å²) in [5.41, 5.74) is 6.26. The quantitative estimate of drug-likeness (QED) is 0.446. The second-order valence-electron chi connectivity index (χ2n) is 9.38. The zero-order valence-corrected chi connectivity index (χ0v) is 19.8. The number of methoxy groups -OCH3 is 1. The Morgan fingerprint density at radius 1 is 1.20 bits per heavy atom. The van der Waals surface area contributed by atoms with Crippen LogP contribution in [0.5, 0.6) is 5.75 Å². The highest BCUT2D eigenvalue weighted by Crippen LogP contribution is 2.45. The zero-order chi connectivity index (χ0) is 21.9. The average Bonchev–Trinajstić information content (AvgIpc) is 2.74. The predicted molar refractivity (Wildman–Crippen MR) is 130 cm³/mol. The normalized spacial score (nSPS) is 19.0. The van der Waals surface area contributed by atoms with Crippen LogP contribution in [0, 0.1) is 0 Å². The Morgan fingerprint density at radius 3 is 2.50 bits per heavy atom. The molecule has 2 aromatic carbocycles. The molecular formula is C27H38N2O. The predicted octanol–water partition coefficient (Wildman–Crippen LogP) is 7.46. The topological polar surface area (TPSA) is 24.8 Å². The molecule has 1 aliphatic heterocycles. The molecule has 162 valence electrons. The number of hydrogen-bond donors (Lipinski definition) is 0. The highest BCUT2D eigenvalue weighted by molar-refractivity contribution is 5.87. The molecule has 3 nitrogen and oxygen atoms in total. The third kappa shape index (κ3) is 4.55. The monoisotopic (exact) mass is 406 g/mol. The van der Waals surface area contributed by atoms with E-state index in [9.17, 15) is 0 Å². The molecule has 0 aromatic heterocycles. The first kappa shape index (κ1) is 22.4. The van der Waals surface area contributed by atoms with E-state index in [1.54, 1.807) is 7.11 Å². The van der Waals surface area contributed by atoms with Crippen molar-refractivity contribution in [2.24, 2.45) is 4.99 Å². The Kier molecular flexibility index (Phi) is 6.90. The minimum Gasteiger partial charge on any atom is -0.496 e. The van der Waals surface area contributed by atoms with Crippen LogP contribution in [0.2, 0.25) is 0 Å². The van der Waals surface area contributed by atoms with Gasteiger partial charge < -0.3 is 9.64 Å². The molecule has 2 unspecified atom stereocenters. The largest absolute Gasteiger partial charge is 0.496 e. The van der Waals surface area contributed by atoms with Gasteiger partial charge in [0.15, 0.2) is 0 Å². The van der Waals surface area contributed by atoms with Crippen molar-refractivity contribution in [2.75, 3.05) is 18.6 Å². The van der Waals surface area contributed by atoms with E-state index in [-0.39, 0.29) is 5.54 Å². The summed E-state index contributed by atoms with van der Waals surface area (Å²) in [6.45, 7) is 14.8. The molecule has 1 heterocycles. The molecule has 0 bridgehead atoms. The molecule has 0 saturated heterocycles. The maximum absolute atomic E-state index is 5.78. The van der Waals surface area contributed by atoms with Gasteiger partial charge in [-0.1, -0.05) is 39.8 Å². The summed E-state index contributed by atoms with van der Waals surface area (Å²) in [4.78, 5) is 7.31. The number of anilines is 1. The van der Waals surface area contributed by atoms with Gasteiger partial charge in [0.2, 0.25) is 0 Å². The molecule has 2 atom stereocenters. The number of hydrogen-bond acceptors (Lipinski definition) is 3. The Balaban J connectivity index is 1.95. The zero-order valence-electron chi connectivity index (χ0n) is 19.8. The molecule has 0 radical (unpaired) electrons. The maximum atomic E-state index is 5.78. The molecule has 0 N–H and O–H groups in total. The fourth-order valence-corrected chi connectivity index (χ4v) is 4.72. The van der Waals surface area contributed by atoms with Gasteiger partial charge in [0.25, 0.3) is 0 Å². The van der Waals surface area contributed by atoms with Gasteiger partial charge in [0.1, 0.15) is 5.75 Å². The average molecular weight is 407 g/mol. The Hall–Kier alpha value is -2.29. The summed E-state index contributed by atoms with van der Waals surface area (Å²) in [6, 6.07) is 13.1. The lowest BCUT2D eigenvalue weighted by Crippen LogP contribution is -2.48. The van der Waals surface area contributed by atoms with Crippen LogP contribution < -0.4 is 9.64 Å². The first-order valence-corrected chi connectivity index (χ1v) is 11.4. The van der Waals surface area contributed by atoms with Crippen molar-refractivity contribution >= 4 is 17.6 Å². The third-order valence-electron chi connectivity index (χ3n) is 6.61. The van der Waals surface area contributed by atoms with Crippen LogP contribution in [0.3, 0.4) is 0 Å². The lowest BCUT2D eigenvalue weighted by molar-refractivity contribution is 0.372. The molecule has 0 aliphatic carbocycles. The fourth-order valence-electron chi connectivity index (χ4n) is 4.72. The van der Waals surface area contributed by atoms with Crippen LogP contribution in [0.1, 0.15) is 89.3 Å². The van der Waals surface area contributed by atoms with Gasteiger partial charge in [-0.2, -0.15) is 0 Å². The molecule has 2 aromatic rings. The SMILES string of the molecule is CCCN1c2cc(OC)c(C=Nc3ccc(C(C)CC)cc3)cc2C(C)CC1(C)C. The van der Waals surface area contributed by atoms with Crippen molar-refractivity contribution in [3.8, 4) is 5.75 Å². The van der Waals surface area contributed by atoms with Crippen molar-refractivity contribution in [3.63, 3.8) is 0 Å². The van der Waals surface area contributed by atoms with E-state index in [1.165, 1.54) is 16.8 Å². The van der Waals surface area contributed by atoms with Gasteiger partial charge in [-0.15, -0.1) is 0 Å². The van der Waals surface area contributed by atoms with Crippen LogP contribution in [0.4, 0.5) is 11.4 Å². The summed E-state index contributed by atoms with van der Waals surface area (Å²) in [5, 5.41) is 0. The van der Waals surface area contributed by atoms with Crippen LogP contribution >= 0.6 is 0 Å². The molecule has 30 heavy (non-hydrogen) atoms. The van der Waals surface area contributed by atoms with E-state index in [0.29, 0.717) is 11.8 Å². The van der Waals surface area contributed by atoms with Crippen molar-refractivity contribution < 1.29 is 4.74 Å². The molecule has 0 fully saturated rings. The lowest BCUT2D eigenvalue weighted by Gasteiger charge is -2.47. The number of rotatable bonds is 7. The summed E-state index contributed by atoms with van der Waals surface area (Å²) in [7, 11) is 1.75. The van der Waals surface area contributed by atoms with Gasteiger partial charge in [0.05, 0.1) is 12.8 Å². The van der Waals surface area contributed by atoms with Crippen molar-refractivity contribution in [1.82, 2.24) is 0 Å². The van der Waals surface area contributed by atoms with Crippen LogP contribution in [-0.4, -0.2) is 25.4 Å². The van der Waals surface area contributed by atoms with E-state index < -0.39 is 0 Å². The second-order valence-corrected chi connectivity index (χ2v) is 9.38. The summed E-state index contributed by atoms with van der Waals surface area (Å²) in [6.07, 6.45) is 5.39. The van der Waals surface area contributed by atoms with Crippen LogP contribution in [0.15, 0.2) is 41.4 Å². The van der Waals surface area contributed by atoms with Crippen molar-refractivity contribution in [2.45, 2.75) is 78.2 Å². The first-order chi connectivity index (χ1) is 14.3. The summed E-state index contributed by atoms with van der Waals surface area (Å²) < 4.78 is 5.78. The van der Waals surface area contributed by atoms with Crippen LogP contribution in [0.25, 0.3) is 0 Å². The van der Waals surface area contributed by atoms with Gasteiger partial charge in [-0.05, 0) is 74.3 Å². The Morgan fingerprint density at radius 2 is 1.90 bits per heavy atom. The number of ether oxygens (including phenoxy) is 1. The second kappa shape index (κ2) is 9.24. The Labute approximate surface area is 183 Å². The summed E-state index contributed by atoms with van der Waals surface area (Å²) >= 11 is 0. The molecule has 3 rings (SSSR count). The number of fused-ring (bicyclic) bond motifs is 1. The molecular weight excluding hydrogens is 368 g/mol. The smallest absolute Gasteiger partial charge is 0.129 e. The van der Waals surface area contributed by atoms with E-state index >= 15 is 0 Å². The number of benzene rings is 2. The van der Waals surface area contributed by atoms with Gasteiger partial charge in [-0.3, -0.25) is 4.99 Å². The number of nitrogens with zero attached hydrogens (tertiary/aromatic N) is 2. The van der Waals surface area contributed by atoms with Crippen molar-refractivity contribution in [3.05, 3.63) is 53.1 Å².